The fourth-order valence-electron chi connectivity index (χ4n) is 3.70. The number of para-hydroxylation sites is 1. The van der Waals surface area contributed by atoms with E-state index in [1.54, 1.807) is 6.20 Å². The van der Waals surface area contributed by atoms with E-state index in [1.165, 1.54) is 5.56 Å². The fourth-order valence-corrected chi connectivity index (χ4v) is 3.70. The van der Waals surface area contributed by atoms with Crippen LogP contribution in [-0.4, -0.2) is 37.0 Å². The van der Waals surface area contributed by atoms with Crippen molar-refractivity contribution in [2.24, 2.45) is 0 Å². The maximum Gasteiger partial charge on any atom is 0.253 e. The number of pyridine rings is 1. The van der Waals surface area contributed by atoms with E-state index < -0.39 is 0 Å². The molecule has 1 amide bonds. The summed E-state index contributed by atoms with van der Waals surface area (Å²) in [5, 5.41) is 12.9. The van der Waals surface area contributed by atoms with Crippen LogP contribution >= 0.6 is 0 Å². The zero-order valence-corrected chi connectivity index (χ0v) is 18.5. The lowest BCUT2D eigenvalue weighted by Crippen LogP contribution is -2.26. The Labute approximate surface area is 182 Å². The second-order valence-electron chi connectivity index (χ2n) is 8.10. The molecule has 0 aliphatic carbocycles. The third-order valence-electron chi connectivity index (χ3n) is 5.42. The highest BCUT2D eigenvalue weighted by Crippen LogP contribution is 2.19. The molecule has 0 saturated heterocycles. The quantitative estimate of drug-likeness (QED) is 0.459. The number of nitrogens with zero attached hydrogens (tertiary/aromatic N) is 5. The van der Waals surface area contributed by atoms with Crippen molar-refractivity contribution in [3.63, 3.8) is 0 Å². The van der Waals surface area contributed by atoms with Crippen molar-refractivity contribution in [3.8, 4) is 5.69 Å². The van der Waals surface area contributed by atoms with Crippen molar-refractivity contribution >= 4 is 16.9 Å². The van der Waals surface area contributed by atoms with Gasteiger partial charge in [-0.05, 0) is 64.3 Å². The summed E-state index contributed by atoms with van der Waals surface area (Å²) in [5.41, 5.74) is 5.39. The maximum atomic E-state index is 12.7. The zero-order chi connectivity index (χ0) is 22.0. The first-order valence-electron chi connectivity index (χ1n) is 10.7. The van der Waals surface area contributed by atoms with Crippen LogP contribution in [0.3, 0.4) is 0 Å². The van der Waals surface area contributed by atoms with Gasteiger partial charge in [0.1, 0.15) is 0 Å². The minimum absolute atomic E-state index is 0.0964. The van der Waals surface area contributed by atoms with Crippen molar-refractivity contribution in [2.75, 3.05) is 6.54 Å². The standard InChI is InChI=1S/C24H28N6O/c1-16(2)30-23-20(14-26-30)13-22(18(4)27-23)24(31)25-12-8-9-19-15-29(28-17(19)3)21-10-6-5-7-11-21/h5-7,10-11,13-16H,8-9,12H2,1-4H3,(H,25,31). The minimum Gasteiger partial charge on any atom is -0.352 e. The summed E-state index contributed by atoms with van der Waals surface area (Å²) in [6.45, 7) is 8.62. The number of fused-ring (bicyclic) bond motifs is 1. The van der Waals surface area contributed by atoms with Gasteiger partial charge in [0.2, 0.25) is 0 Å². The number of hydrogen-bond donors (Lipinski definition) is 1. The number of aromatic nitrogens is 5. The van der Waals surface area contributed by atoms with Crippen molar-refractivity contribution < 1.29 is 4.79 Å². The molecule has 0 radical (unpaired) electrons. The molecular formula is C24H28N6O. The largest absolute Gasteiger partial charge is 0.352 e. The van der Waals surface area contributed by atoms with Crippen LogP contribution in [0.4, 0.5) is 0 Å². The van der Waals surface area contributed by atoms with E-state index in [9.17, 15) is 4.79 Å². The maximum absolute atomic E-state index is 12.7. The summed E-state index contributed by atoms with van der Waals surface area (Å²) in [7, 11) is 0. The van der Waals surface area contributed by atoms with Crippen molar-refractivity contribution in [1.82, 2.24) is 29.9 Å². The molecule has 1 aromatic carbocycles. The average Bonchev–Trinajstić information content (AvgIpc) is 3.34. The first kappa shape index (κ1) is 20.8. The first-order chi connectivity index (χ1) is 14.9. The SMILES string of the molecule is Cc1nn(-c2ccccc2)cc1CCCNC(=O)c1cc2cnn(C(C)C)c2nc1C. The van der Waals surface area contributed by atoms with Gasteiger partial charge in [0, 0.05) is 24.2 Å². The summed E-state index contributed by atoms with van der Waals surface area (Å²) >= 11 is 0. The Kier molecular flexibility index (Phi) is 5.84. The smallest absolute Gasteiger partial charge is 0.253 e. The summed E-state index contributed by atoms with van der Waals surface area (Å²) in [5.74, 6) is -0.0964. The molecule has 7 heteroatoms. The summed E-state index contributed by atoms with van der Waals surface area (Å²) in [6.07, 6.45) is 5.54. The van der Waals surface area contributed by atoms with Gasteiger partial charge in [-0.1, -0.05) is 18.2 Å². The molecule has 31 heavy (non-hydrogen) atoms. The molecule has 0 saturated carbocycles. The second-order valence-corrected chi connectivity index (χ2v) is 8.10. The van der Waals surface area contributed by atoms with E-state index in [0.29, 0.717) is 17.8 Å². The highest BCUT2D eigenvalue weighted by Gasteiger charge is 2.15. The van der Waals surface area contributed by atoms with Crippen molar-refractivity contribution in [1.29, 1.82) is 0 Å². The molecule has 0 unspecified atom stereocenters. The van der Waals surface area contributed by atoms with Crippen LogP contribution in [0.25, 0.3) is 16.7 Å². The predicted molar refractivity (Wildman–Crippen MR) is 122 cm³/mol. The van der Waals surface area contributed by atoms with Gasteiger partial charge in [-0.2, -0.15) is 10.2 Å². The molecule has 0 spiro atoms. The van der Waals surface area contributed by atoms with E-state index in [-0.39, 0.29) is 11.9 Å². The molecule has 4 aromatic rings. The number of aryl methyl sites for hydroxylation is 3. The van der Waals surface area contributed by atoms with Gasteiger partial charge < -0.3 is 5.32 Å². The van der Waals surface area contributed by atoms with Crippen LogP contribution in [0.2, 0.25) is 0 Å². The number of rotatable bonds is 7. The van der Waals surface area contributed by atoms with Gasteiger partial charge in [-0.3, -0.25) is 4.79 Å². The first-order valence-corrected chi connectivity index (χ1v) is 10.7. The number of carbonyl (C=O) groups is 1. The van der Waals surface area contributed by atoms with Crippen LogP contribution in [0.1, 0.15) is 53.6 Å². The Morgan fingerprint density at radius 2 is 1.90 bits per heavy atom. The highest BCUT2D eigenvalue weighted by molar-refractivity contribution is 5.98. The van der Waals surface area contributed by atoms with Gasteiger partial charge in [0.15, 0.2) is 5.65 Å². The molecule has 0 fully saturated rings. The predicted octanol–water partition coefficient (Wildman–Crippen LogP) is 4.18. The lowest BCUT2D eigenvalue weighted by Gasteiger charge is -2.10. The van der Waals surface area contributed by atoms with Crippen LogP contribution in [0, 0.1) is 13.8 Å². The molecule has 0 atom stereocenters. The van der Waals surface area contributed by atoms with Gasteiger partial charge in [0.25, 0.3) is 5.91 Å². The Bertz CT molecular complexity index is 1210. The van der Waals surface area contributed by atoms with Crippen LogP contribution in [0.15, 0.2) is 48.8 Å². The fraction of sp³-hybridized carbons (Fsp3) is 0.333. The number of benzene rings is 1. The third kappa shape index (κ3) is 4.35. The summed E-state index contributed by atoms with van der Waals surface area (Å²) in [6, 6.07) is 12.2. The van der Waals surface area contributed by atoms with Gasteiger partial charge in [-0.15, -0.1) is 0 Å². The average molecular weight is 417 g/mol. The molecule has 1 N–H and O–H groups in total. The molecule has 160 valence electrons. The minimum atomic E-state index is -0.0964. The Balaban J connectivity index is 1.37. The normalized spacial score (nSPS) is 11.4. The molecule has 4 rings (SSSR count). The molecule has 3 heterocycles. The van der Waals surface area contributed by atoms with E-state index in [2.05, 4.69) is 40.5 Å². The van der Waals surface area contributed by atoms with Gasteiger partial charge in [-0.25, -0.2) is 14.3 Å². The van der Waals surface area contributed by atoms with Crippen molar-refractivity contribution in [3.05, 3.63) is 71.3 Å². The second kappa shape index (κ2) is 8.71. The van der Waals surface area contributed by atoms with E-state index in [4.69, 9.17) is 0 Å². The Morgan fingerprint density at radius 1 is 1.13 bits per heavy atom. The van der Waals surface area contributed by atoms with E-state index >= 15 is 0 Å². The topological polar surface area (TPSA) is 77.6 Å². The lowest BCUT2D eigenvalue weighted by atomic mass is 10.1. The molecule has 3 aromatic heterocycles. The zero-order valence-electron chi connectivity index (χ0n) is 18.5. The van der Waals surface area contributed by atoms with Crippen molar-refractivity contribution in [2.45, 2.75) is 46.6 Å². The highest BCUT2D eigenvalue weighted by atomic mass is 16.1. The van der Waals surface area contributed by atoms with Crippen LogP contribution in [0.5, 0.6) is 0 Å². The van der Waals surface area contributed by atoms with E-state index in [0.717, 1.165) is 35.3 Å². The van der Waals surface area contributed by atoms with E-state index in [1.807, 2.05) is 59.6 Å². The summed E-state index contributed by atoms with van der Waals surface area (Å²) < 4.78 is 3.78. The number of amides is 1. The monoisotopic (exact) mass is 416 g/mol. The van der Waals surface area contributed by atoms with Gasteiger partial charge >= 0.3 is 0 Å². The molecule has 0 bridgehead atoms. The Hall–Kier alpha value is -3.48. The Morgan fingerprint density at radius 3 is 2.65 bits per heavy atom. The number of hydrogen-bond acceptors (Lipinski definition) is 4. The number of carbonyl (C=O) groups excluding carboxylic acids is 1. The molecule has 7 nitrogen and oxygen atoms in total. The molecule has 0 aliphatic rings. The molecular weight excluding hydrogens is 388 g/mol. The van der Waals surface area contributed by atoms with Crippen LogP contribution in [-0.2, 0) is 6.42 Å². The third-order valence-corrected chi connectivity index (χ3v) is 5.42. The van der Waals surface area contributed by atoms with Crippen LogP contribution < -0.4 is 5.32 Å². The molecule has 0 aliphatic heterocycles. The lowest BCUT2D eigenvalue weighted by molar-refractivity contribution is 0.0952. The van der Waals surface area contributed by atoms with Gasteiger partial charge in [0.05, 0.1) is 28.8 Å². The summed E-state index contributed by atoms with van der Waals surface area (Å²) in [4.78, 5) is 17.3. The number of nitrogens with one attached hydrogen (secondary N) is 1.